The summed E-state index contributed by atoms with van der Waals surface area (Å²) in [7, 11) is 2.97. The van der Waals surface area contributed by atoms with Crippen molar-refractivity contribution in [2.24, 2.45) is 0 Å². The van der Waals surface area contributed by atoms with Crippen molar-refractivity contribution in [2.45, 2.75) is 19.0 Å². The Labute approximate surface area is 242 Å². The van der Waals surface area contributed by atoms with Crippen molar-refractivity contribution in [3.05, 3.63) is 83.8 Å². The highest BCUT2D eigenvalue weighted by Crippen LogP contribution is 2.51. The zero-order valence-electron chi connectivity index (χ0n) is 19.9. The van der Waals surface area contributed by atoms with Crippen LogP contribution < -0.4 is 14.4 Å². The summed E-state index contributed by atoms with van der Waals surface area (Å²) in [5.74, 6) is -1.27. The van der Waals surface area contributed by atoms with Crippen molar-refractivity contribution in [3.63, 3.8) is 0 Å². The van der Waals surface area contributed by atoms with E-state index in [0.717, 1.165) is 10.5 Å². The van der Waals surface area contributed by atoms with Crippen molar-refractivity contribution in [2.75, 3.05) is 19.1 Å². The second kappa shape index (κ2) is 9.81. The molecule has 1 fully saturated rings. The summed E-state index contributed by atoms with van der Waals surface area (Å²) >= 11 is 31.3. The largest absolute Gasteiger partial charge is 0.497 e. The average molecular weight is 615 g/mol. The molecule has 3 amide bonds. The number of fused-ring (bicyclic) bond motifs is 1. The van der Waals surface area contributed by atoms with Crippen LogP contribution in [0, 0.1) is 6.92 Å². The number of aryl methyl sites for hydroxylation is 1. The number of imide groups is 1. The van der Waals surface area contributed by atoms with Crippen molar-refractivity contribution in [3.8, 4) is 11.5 Å². The first-order valence-electron chi connectivity index (χ1n) is 11.1. The lowest BCUT2D eigenvalue weighted by Crippen LogP contribution is -2.67. The number of halogens is 5. The number of β-lactam (4-membered cyclic amide) rings is 1. The Bertz CT molecular complexity index is 1510. The van der Waals surface area contributed by atoms with Gasteiger partial charge in [0.05, 0.1) is 51.5 Å². The molecule has 0 radical (unpaired) electrons. The summed E-state index contributed by atoms with van der Waals surface area (Å²) in [6, 6.07) is 8.04. The fourth-order valence-corrected chi connectivity index (χ4v) is 5.93. The van der Waals surface area contributed by atoms with Gasteiger partial charge in [0.2, 0.25) is 0 Å². The number of amides is 3. The second-order valence-electron chi connectivity index (χ2n) is 8.63. The highest BCUT2D eigenvalue weighted by Gasteiger charge is 2.59. The SMILES string of the molecule is COc1ccc(OC)c([C@@H]2[C@@H](N3C(=O)c4c(Cl)c(Cl)c(Cl)c(Cl)c4C3=O)C(=O)N2c2ccc(C)c(Cl)c2)c1. The van der Waals surface area contributed by atoms with Gasteiger partial charge in [-0.1, -0.05) is 64.1 Å². The van der Waals surface area contributed by atoms with Crippen LogP contribution in [0.1, 0.15) is 37.9 Å². The molecule has 2 aliphatic heterocycles. The molecule has 0 saturated carbocycles. The molecule has 196 valence electrons. The van der Waals surface area contributed by atoms with Gasteiger partial charge in [-0.15, -0.1) is 0 Å². The third-order valence-electron chi connectivity index (χ3n) is 6.67. The van der Waals surface area contributed by atoms with Gasteiger partial charge < -0.3 is 14.4 Å². The molecule has 0 aliphatic carbocycles. The predicted octanol–water partition coefficient (Wildman–Crippen LogP) is 7.03. The number of methoxy groups -OCH3 is 2. The van der Waals surface area contributed by atoms with Gasteiger partial charge in [-0.2, -0.15) is 0 Å². The number of benzene rings is 3. The molecule has 2 aliphatic rings. The standard InChI is InChI=1S/C26H17Cl5N2O5/c1-10-4-5-11(8-14(10)27)32-22(13-9-12(37-2)6-7-15(13)38-3)23(26(32)36)33-24(34)16-17(25(33)35)19(29)21(31)20(30)18(16)28/h4-9,22-23H,1-3H3/t22-,23-/m1/s1. The molecule has 0 bridgehead atoms. The molecule has 38 heavy (non-hydrogen) atoms. The molecule has 2 heterocycles. The monoisotopic (exact) mass is 612 g/mol. The third kappa shape index (κ3) is 3.83. The van der Waals surface area contributed by atoms with Crippen molar-refractivity contribution in [1.82, 2.24) is 4.90 Å². The van der Waals surface area contributed by atoms with Gasteiger partial charge in [-0.05, 0) is 42.8 Å². The summed E-state index contributed by atoms with van der Waals surface area (Å²) < 4.78 is 11.0. The molecule has 12 heteroatoms. The maximum Gasteiger partial charge on any atom is 0.264 e. The van der Waals surface area contributed by atoms with Crippen LogP contribution in [-0.4, -0.2) is 42.9 Å². The van der Waals surface area contributed by atoms with Gasteiger partial charge in [0, 0.05) is 16.3 Å². The Morgan fingerprint density at radius 3 is 1.84 bits per heavy atom. The molecule has 0 unspecified atom stereocenters. The normalized spacial score (nSPS) is 18.6. The molecular weight excluding hydrogens is 598 g/mol. The molecular formula is C26H17Cl5N2O5. The molecule has 0 N–H and O–H groups in total. The number of carbonyl (C=O) groups is 3. The first-order chi connectivity index (χ1) is 18.0. The van der Waals surface area contributed by atoms with Gasteiger partial charge in [0.25, 0.3) is 17.7 Å². The van der Waals surface area contributed by atoms with E-state index < -0.39 is 29.8 Å². The number of anilines is 1. The number of carbonyl (C=O) groups excluding carboxylic acids is 3. The highest BCUT2D eigenvalue weighted by molar-refractivity contribution is 6.55. The van der Waals surface area contributed by atoms with Crippen molar-refractivity contribution >= 4 is 81.4 Å². The van der Waals surface area contributed by atoms with E-state index >= 15 is 0 Å². The van der Waals surface area contributed by atoms with Crippen molar-refractivity contribution in [1.29, 1.82) is 0 Å². The molecule has 0 aromatic heterocycles. The Kier molecular flexibility index (Phi) is 6.95. The lowest BCUT2D eigenvalue weighted by molar-refractivity contribution is -0.130. The number of hydrogen-bond acceptors (Lipinski definition) is 5. The minimum absolute atomic E-state index is 0.165. The lowest BCUT2D eigenvalue weighted by atomic mass is 9.85. The predicted molar refractivity (Wildman–Crippen MR) is 147 cm³/mol. The zero-order chi connectivity index (χ0) is 27.6. The molecule has 3 aromatic carbocycles. The van der Waals surface area contributed by atoms with E-state index in [1.54, 1.807) is 36.4 Å². The van der Waals surface area contributed by atoms with Crippen LogP contribution in [0.4, 0.5) is 5.69 Å². The summed E-state index contributed by atoms with van der Waals surface area (Å²) in [4.78, 5) is 43.3. The molecule has 7 nitrogen and oxygen atoms in total. The zero-order valence-corrected chi connectivity index (χ0v) is 23.7. The molecule has 5 rings (SSSR count). The summed E-state index contributed by atoms with van der Waals surface area (Å²) in [5, 5.41) is -0.328. The van der Waals surface area contributed by atoms with E-state index in [1.165, 1.54) is 19.1 Å². The smallest absolute Gasteiger partial charge is 0.264 e. The number of rotatable bonds is 5. The maximum absolute atomic E-state index is 13.8. The van der Waals surface area contributed by atoms with Crippen LogP contribution >= 0.6 is 58.0 Å². The minimum atomic E-state index is -1.27. The summed E-state index contributed by atoms with van der Waals surface area (Å²) in [6.45, 7) is 1.83. The number of ether oxygens (including phenoxy) is 2. The van der Waals surface area contributed by atoms with Gasteiger partial charge >= 0.3 is 0 Å². The van der Waals surface area contributed by atoms with Crippen LogP contribution in [0.25, 0.3) is 0 Å². The van der Waals surface area contributed by atoms with Crippen LogP contribution in [0.2, 0.25) is 25.1 Å². The van der Waals surface area contributed by atoms with Crippen LogP contribution in [0.5, 0.6) is 11.5 Å². The quantitative estimate of drug-likeness (QED) is 0.134. The fourth-order valence-electron chi connectivity index (χ4n) is 4.74. The van der Waals surface area contributed by atoms with Gasteiger partial charge in [-0.3, -0.25) is 19.3 Å². The van der Waals surface area contributed by atoms with Crippen LogP contribution in [-0.2, 0) is 4.79 Å². The van der Waals surface area contributed by atoms with E-state index in [-0.39, 0.29) is 31.2 Å². The molecule has 0 spiro atoms. The highest BCUT2D eigenvalue weighted by atomic mass is 35.5. The summed E-state index contributed by atoms with van der Waals surface area (Å²) in [5.41, 5.74) is 1.36. The Morgan fingerprint density at radius 2 is 1.32 bits per heavy atom. The van der Waals surface area contributed by atoms with E-state index in [0.29, 0.717) is 27.8 Å². The Hall–Kier alpha value is -2.68. The first-order valence-corrected chi connectivity index (χ1v) is 13.0. The average Bonchev–Trinajstić information content (AvgIpc) is 3.16. The third-order valence-corrected chi connectivity index (χ3v) is 8.88. The fraction of sp³-hybridized carbons (Fsp3) is 0.192. The Morgan fingerprint density at radius 1 is 0.711 bits per heavy atom. The van der Waals surface area contributed by atoms with E-state index in [1.807, 2.05) is 6.92 Å². The van der Waals surface area contributed by atoms with E-state index in [9.17, 15) is 14.4 Å². The van der Waals surface area contributed by atoms with Gasteiger partial charge in [-0.25, -0.2) is 0 Å². The van der Waals surface area contributed by atoms with Crippen LogP contribution in [0.15, 0.2) is 36.4 Å². The summed E-state index contributed by atoms with van der Waals surface area (Å²) in [6.07, 6.45) is 0. The van der Waals surface area contributed by atoms with Crippen molar-refractivity contribution < 1.29 is 23.9 Å². The maximum atomic E-state index is 13.8. The van der Waals surface area contributed by atoms with Crippen LogP contribution in [0.3, 0.4) is 0 Å². The second-order valence-corrected chi connectivity index (χ2v) is 10.5. The van der Waals surface area contributed by atoms with E-state index in [2.05, 4.69) is 0 Å². The number of nitrogens with zero attached hydrogens (tertiary/aromatic N) is 2. The first kappa shape index (κ1) is 26.9. The molecule has 2 atom stereocenters. The number of hydrogen-bond donors (Lipinski definition) is 0. The van der Waals surface area contributed by atoms with Gasteiger partial charge in [0.1, 0.15) is 17.5 Å². The topological polar surface area (TPSA) is 76.1 Å². The Balaban J connectivity index is 1.69. The minimum Gasteiger partial charge on any atom is -0.497 e. The van der Waals surface area contributed by atoms with Gasteiger partial charge in [0.15, 0.2) is 0 Å². The van der Waals surface area contributed by atoms with E-state index in [4.69, 9.17) is 67.5 Å². The molecule has 3 aromatic rings. The lowest BCUT2D eigenvalue weighted by Gasteiger charge is -2.50. The molecule has 1 saturated heterocycles.